The number of aliphatic hydroxyl groups excluding tert-OH is 1. The van der Waals surface area contributed by atoms with Gasteiger partial charge in [-0.25, -0.2) is 4.39 Å². The van der Waals surface area contributed by atoms with E-state index >= 15 is 0 Å². The molecule has 1 aliphatic heterocycles. The molecule has 1 heterocycles. The smallest absolute Gasteiger partial charge is 0.126 e. The fourth-order valence-corrected chi connectivity index (χ4v) is 2.28. The molecule has 1 fully saturated rings. The van der Waals surface area contributed by atoms with Crippen LogP contribution >= 0.6 is 0 Å². The summed E-state index contributed by atoms with van der Waals surface area (Å²) in [6.07, 6.45) is 2.17. The second-order valence-corrected chi connectivity index (χ2v) is 4.53. The molecular formula is C13H18FNO. The van der Waals surface area contributed by atoms with Gasteiger partial charge in [-0.2, -0.15) is 0 Å². The van der Waals surface area contributed by atoms with Crippen molar-refractivity contribution in [3.8, 4) is 0 Å². The summed E-state index contributed by atoms with van der Waals surface area (Å²) in [6.45, 7) is 3.71. The van der Waals surface area contributed by atoms with Gasteiger partial charge in [0.15, 0.2) is 0 Å². The minimum Gasteiger partial charge on any atom is -0.395 e. The number of likely N-dealkylation sites (tertiary alicyclic amines) is 1. The van der Waals surface area contributed by atoms with Crippen LogP contribution < -0.4 is 0 Å². The van der Waals surface area contributed by atoms with E-state index in [2.05, 4.69) is 4.90 Å². The molecule has 0 saturated carbocycles. The lowest BCUT2D eigenvalue weighted by Gasteiger charge is -2.22. The highest BCUT2D eigenvalue weighted by Crippen LogP contribution is 2.20. The van der Waals surface area contributed by atoms with Crippen LogP contribution in [0.5, 0.6) is 0 Å². The van der Waals surface area contributed by atoms with Crippen molar-refractivity contribution in [1.82, 2.24) is 4.90 Å². The van der Waals surface area contributed by atoms with Gasteiger partial charge in [-0.1, -0.05) is 12.1 Å². The van der Waals surface area contributed by atoms with Crippen LogP contribution in [0.25, 0.3) is 0 Å². The molecule has 0 aromatic heterocycles. The first kappa shape index (κ1) is 11.6. The molecule has 1 saturated heterocycles. The number of aliphatic hydroxyl groups is 1. The van der Waals surface area contributed by atoms with E-state index in [-0.39, 0.29) is 18.5 Å². The summed E-state index contributed by atoms with van der Waals surface area (Å²) >= 11 is 0. The van der Waals surface area contributed by atoms with E-state index < -0.39 is 0 Å². The normalized spacial score (nSPS) is 21.6. The quantitative estimate of drug-likeness (QED) is 0.848. The monoisotopic (exact) mass is 223 g/mol. The fraction of sp³-hybridized carbons (Fsp3) is 0.538. The summed E-state index contributed by atoms with van der Waals surface area (Å²) in [7, 11) is 0. The van der Waals surface area contributed by atoms with Crippen molar-refractivity contribution >= 4 is 0 Å². The average molecular weight is 223 g/mol. The summed E-state index contributed by atoms with van der Waals surface area (Å²) in [6, 6.07) is 5.63. The molecule has 1 aliphatic rings. The number of hydrogen-bond donors (Lipinski definition) is 1. The molecule has 0 radical (unpaired) electrons. The van der Waals surface area contributed by atoms with Gasteiger partial charge in [0, 0.05) is 12.6 Å². The van der Waals surface area contributed by atoms with E-state index in [0.29, 0.717) is 5.56 Å². The van der Waals surface area contributed by atoms with Crippen molar-refractivity contribution in [2.24, 2.45) is 0 Å². The first-order chi connectivity index (χ1) is 7.70. The van der Waals surface area contributed by atoms with Gasteiger partial charge in [-0.15, -0.1) is 0 Å². The lowest BCUT2D eigenvalue weighted by Crippen LogP contribution is -2.31. The lowest BCUT2D eigenvalue weighted by molar-refractivity contribution is 0.153. The molecule has 0 bridgehead atoms. The Labute approximate surface area is 95.7 Å². The van der Waals surface area contributed by atoms with Gasteiger partial charge in [-0.3, -0.25) is 4.90 Å². The Bertz CT molecular complexity index is 367. The standard InChI is InChI=1S/C13H18FNO/c1-10-4-5-11(7-13(10)14)8-15-6-2-3-12(15)9-16/h4-5,7,12,16H,2-3,6,8-9H2,1H3/t12-/m0/s1. The van der Waals surface area contributed by atoms with Crippen LogP contribution in [-0.4, -0.2) is 29.2 Å². The van der Waals surface area contributed by atoms with Crippen LogP contribution in [0.15, 0.2) is 18.2 Å². The SMILES string of the molecule is Cc1ccc(CN2CCC[C@H]2CO)cc1F. The Morgan fingerprint density at radius 1 is 1.50 bits per heavy atom. The second kappa shape index (κ2) is 4.93. The topological polar surface area (TPSA) is 23.5 Å². The summed E-state index contributed by atoms with van der Waals surface area (Å²) in [5.41, 5.74) is 1.67. The zero-order valence-corrected chi connectivity index (χ0v) is 9.62. The first-order valence-electron chi connectivity index (χ1n) is 5.80. The van der Waals surface area contributed by atoms with Crippen LogP contribution in [0.1, 0.15) is 24.0 Å². The van der Waals surface area contributed by atoms with Crippen molar-refractivity contribution in [2.75, 3.05) is 13.2 Å². The van der Waals surface area contributed by atoms with Gasteiger partial charge in [0.05, 0.1) is 6.61 Å². The van der Waals surface area contributed by atoms with Gasteiger partial charge in [0.2, 0.25) is 0 Å². The predicted molar refractivity (Wildman–Crippen MR) is 61.7 cm³/mol. The number of hydrogen-bond acceptors (Lipinski definition) is 2. The maximum atomic E-state index is 13.4. The number of aryl methyl sites for hydroxylation is 1. The van der Waals surface area contributed by atoms with Crippen molar-refractivity contribution < 1.29 is 9.50 Å². The highest BCUT2D eigenvalue weighted by atomic mass is 19.1. The number of halogens is 1. The molecule has 1 atom stereocenters. The third kappa shape index (κ3) is 2.42. The number of benzene rings is 1. The maximum absolute atomic E-state index is 13.4. The number of nitrogens with zero attached hydrogens (tertiary/aromatic N) is 1. The van der Waals surface area contributed by atoms with Crippen LogP contribution in [0.2, 0.25) is 0 Å². The minimum atomic E-state index is -0.141. The molecule has 3 heteroatoms. The third-order valence-corrected chi connectivity index (χ3v) is 3.33. The minimum absolute atomic E-state index is 0.141. The molecule has 0 aliphatic carbocycles. The Morgan fingerprint density at radius 2 is 2.31 bits per heavy atom. The average Bonchev–Trinajstić information content (AvgIpc) is 2.71. The zero-order valence-electron chi connectivity index (χ0n) is 9.62. The van der Waals surface area contributed by atoms with E-state index in [4.69, 9.17) is 0 Å². The Balaban J connectivity index is 2.05. The molecular weight excluding hydrogens is 205 g/mol. The molecule has 2 rings (SSSR count). The van der Waals surface area contributed by atoms with Crippen LogP contribution in [0.3, 0.4) is 0 Å². The van der Waals surface area contributed by atoms with E-state index in [1.807, 2.05) is 12.1 Å². The van der Waals surface area contributed by atoms with Crippen molar-refractivity contribution in [3.63, 3.8) is 0 Å². The van der Waals surface area contributed by atoms with Crippen LogP contribution in [-0.2, 0) is 6.54 Å². The fourth-order valence-electron chi connectivity index (χ4n) is 2.28. The van der Waals surface area contributed by atoms with E-state index in [1.54, 1.807) is 13.0 Å². The summed E-state index contributed by atoms with van der Waals surface area (Å²) < 4.78 is 13.4. The Morgan fingerprint density at radius 3 is 3.00 bits per heavy atom. The maximum Gasteiger partial charge on any atom is 0.126 e. The summed E-state index contributed by atoms with van der Waals surface area (Å²) in [5, 5.41) is 9.20. The molecule has 1 aromatic carbocycles. The molecule has 0 spiro atoms. The van der Waals surface area contributed by atoms with Crippen LogP contribution in [0.4, 0.5) is 4.39 Å². The van der Waals surface area contributed by atoms with Gasteiger partial charge in [0.1, 0.15) is 5.82 Å². The van der Waals surface area contributed by atoms with Gasteiger partial charge >= 0.3 is 0 Å². The molecule has 1 aromatic rings. The first-order valence-corrected chi connectivity index (χ1v) is 5.80. The highest BCUT2D eigenvalue weighted by Gasteiger charge is 2.23. The van der Waals surface area contributed by atoms with E-state index in [0.717, 1.165) is 31.5 Å². The lowest BCUT2D eigenvalue weighted by atomic mass is 10.1. The third-order valence-electron chi connectivity index (χ3n) is 3.33. The van der Waals surface area contributed by atoms with E-state index in [1.165, 1.54) is 0 Å². The molecule has 16 heavy (non-hydrogen) atoms. The van der Waals surface area contributed by atoms with Crippen molar-refractivity contribution in [2.45, 2.75) is 32.4 Å². The summed E-state index contributed by atoms with van der Waals surface area (Å²) in [5.74, 6) is -0.141. The Kier molecular flexibility index (Phi) is 3.56. The van der Waals surface area contributed by atoms with E-state index in [9.17, 15) is 9.50 Å². The number of rotatable bonds is 3. The zero-order chi connectivity index (χ0) is 11.5. The summed E-state index contributed by atoms with van der Waals surface area (Å²) in [4.78, 5) is 2.23. The highest BCUT2D eigenvalue weighted by molar-refractivity contribution is 5.23. The van der Waals surface area contributed by atoms with Crippen molar-refractivity contribution in [3.05, 3.63) is 35.1 Å². The Hall–Kier alpha value is -0.930. The second-order valence-electron chi connectivity index (χ2n) is 4.53. The largest absolute Gasteiger partial charge is 0.395 e. The molecule has 0 amide bonds. The molecule has 1 N–H and O–H groups in total. The van der Waals surface area contributed by atoms with Crippen molar-refractivity contribution in [1.29, 1.82) is 0 Å². The molecule has 88 valence electrons. The van der Waals surface area contributed by atoms with Gasteiger partial charge in [-0.05, 0) is 43.5 Å². The van der Waals surface area contributed by atoms with Crippen LogP contribution in [0, 0.1) is 12.7 Å². The van der Waals surface area contributed by atoms with Gasteiger partial charge < -0.3 is 5.11 Å². The molecule has 2 nitrogen and oxygen atoms in total. The van der Waals surface area contributed by atoms with Gasteiger partial charge in [0.25, 0.3) is 0 Å². The molecule has 0 unspecified atom stereocenters. The predicted octanol–water partition coefficient (Wildman–Crippen LogP) is 2.09.